The minimum atomic E-state index is -0.468. The van der Waals surface area contributed by atoms with Gasteiger partial charge in [-0.2, -0.15) is 0 Å². The number of fused-ring (bicyclic) bond motifs is 1. The maximum absolute atomic E-state index is 11.6. The van der Waals surface area contributed by atoms with E-state index in [2.05, 4.69) is 10.3 Å². The SMILES string of the molecule is CC(C)(N)CC(=O)Nc1nc2c(s1)CCC2. The summed E-state index contributed by atoms with van der Waals surface area (Å²) < 4.78 is 0. The first kappa shape index (κ1) is 11.5. The normalized spacial score (nSPS) is 14.9. The summed E-state index contributed by atoms with van der Waals surface area (Å²) in [5.74, 6) is -0.0556. The lowest BCUT2D eigenvalue weighted by molar-refractivity contribution is -0.117. The van der Waals surface area contributed by atoms with Gasteiger partial charge in [0.25, 0.3) is 0 Å². The lowest BCUT2D eigenvalue weighted by Gasteiger charge is -2.16. The van der Waals surface area contributed by atoms with E-state index in [0.29, 0.717) is 6.42 Å². The van der Waals surface area contributed by atoms with E-state index >= 15 is 0 Å². The Morgan fingerprint density at radius 3 is 2.94 bits per heavy atom. The Balaban J connectivity index is 1.96. The number of amides is 1. The van der Waals surface area contributed by atoms with Crippen LogP contribution in [0.5, 0.6) is 0 Å². The van der Waals surface area contributed by atoms with Crippen LogP contribution in [0.25, 0.3) is 0 Å². The highest BCUT2D eigenvalue weighted by Crippen LogP contribution is 2.30. The second-order valence-electron chi connectivity index (χ2n) is 4.96. The van der Waals surface area contributed by atoms with E-state index in [1.54, 1.807) is 11.3 Å². The number of aromatic nitrogens is 1. The monoisotopic (exact) mass is 239 g/mol. The van der Waals surface area contributed by atoms with Crippen LogP contribution in [-0.4, -0.2) is 16.4 Å². The minimum Gasteiger partial charge on any atom is -0.325 e. The first-order chi connectivity index (χ1) is 7.44. The smallest absolute Gasteiger partial charge is 0.227 e. The number of anilines is 1. The van der Waals surface area contributed by atoms with E-state index in [4.69, 9.17) is 5.73 Å². The highest BCUT2D eigenvalue weighted by Gasteiger charge is 2.20. The summed E-state index contributed by atoms with van der Waals surface area (Å²) in [4.78, 5) is 17.4. The molecular weight excluding hydrogens is 222 g/mol. The molecule has 1 amide bonds. The summed E-state index contributed by atoms with van der Waals surface area (Å²) in [7, 11) is 0. The Kier molecular flexibility index (Phi) is 2.99. The number of thiazole rings is 1. The number of hydrogen-bond acceptors (Lipinski definition) is 4. The van der Waals surface area contributed by atoms with Crippen molar-refractivity contribution >= 4 is 22.4 Å². The topological polar surface area (TPSA) is 68.0 Å². The van der Waals surface area contributed by atoms with Gasteiger partial charge in [-0.15, -0.1) is 11.3 Å². The number of rotatable bonds is 3. The van der Waals surface area contributed by atoms with Crippen LogP contribution in [0.15, 0.2) is 0 Å². The van der Waals surface area contributed by atoms with Gasteiger partial charge in [-0.3, -0.25) is 4.79 Å². The fourth-order valence-corrected chi connectivity index (χ4v) is 2.89. The average Bonchev–Trinajstić information content (AvgIpc) is 2.58. The largest absolute Gasteiger partial charge is 0.325 e. The van der Waals surface area contributed by atoms with Crippen LogP contribution in [-0.2, 0) is 17.6 Å². The number of hydrogen-bond donors (Lipinski definition) is 2. The zero-order chi connectivity index (χ0) is 11.8. The van der Waals surface area contributed by atoms with Gasteiger partial charge in [-0.25, -0.2) is 4.98 Å². The molecule has 1 aliphatic carbocycles. The number of carbonyl (C=O) groups is 1. The molecule has 1 aliphatic rings. The molecule has 1 aromatic heterocycles. The standard InChI is InChI=1S/C11H17N3OS/c1-11(2,12)6-9(15)14-10-13-7-4-3-5-8(7)16-10/h3-6,12H2,1-2H3,(H,13,14,15). The molecule has 0 atom stereocenters. The molecule has 5 heteroatoms. The van der Waals surface area contributed by atoms with Crippen molar-refractivity contribution in [3.63, 3.8) is 0 Å². The second kappa shape index (κ2) is 4.14. The van der Waals surface area contributed by atoms with Crippen molar-refractivity contribution in [2.45, 2.75) is 45.1 Å². The summed E-state index contributed by atoms with van der Waals surface area (Å²) >= 11 is 1.59. The highest BCUT2D eigenvalue weighted by atomic mass is 32.1. The van der Waals surface area contributed by atoms with E-state index in [1.165, 1.54) is 11.3 Å². The predicted octanol–water partition coefficient (Wildman–Crippen LogP) is 1.70. The maximum Gasteiger partial charge on any atom is 0.227 e. The van der Waals surface area contributed by atoms with Gasteiger partial charge >= 0.3 is 0 Å². The molecule has 0 unspecified atom stereocenters. The van der Waals surface area contributed by atoms with Gasteiger partial charge < -0.3 is 11.1 Å². The quantitative estimate of drug-likeness (QED) is 0.843. The Labute approximate surface area is 99.3 Å². The van der Waals surface area contributed by atoms with E-state index < -0.39 is 5.54 Å². The maximum atomic E-state index is 11.6. The molecule has 88 valence electrons. The van der Waals surface area contributed by atoms with Crippen molar-refractivity contribution in [2.75, 3.05) is 5.32 Å². The molecule has 1 aromatic rings. The molecule has 16 heavy (non-hydrogen) atoms. The Morgan fingerprint density at radius 1 is 1.56 bits per heavy atom. The Hall–Kier alpha value is -0.940. The molecule has 0 saturated carbocycles. The Morgan fingerprint density at radius 2 is 2.31 bits per heavy atom. The van der Waals surface area contributed by atoms with Crippen molar-refractivity contribution in [2.24, 2.45) is 5.73 Å². The van der Waals surface area contributed by atoms with Crippen molar-refractivity contribution in [3.8, 4) is 0 Å². The molecule has 0 bridgehead atoms. The van der Waals surface area contributed by atoms with Crippen LogP contribution in [0.2, 0.25) is 0 Å². The van der Waals surface area contributed by atoms with Gasteiger partial charge in [-0.05, 0) is 33.1 Å². The molecule has 1 heterocycles. The fraction of sp³-hybridized carbons (Fsp3) is 0.636. The van der Waals surface area contributed by atoms with Crippen LogP contribution in [0, 0.1) is 0 Å². The third-order valence-electron chi connectivity index (χ3n) is 2.46. The van der Waals surface area contributed by atoms with Gasteiger partial charge in [0.05, 0.1) is 5.69 Å². The summed E-state index contributed by atoms with van der Waals surface area (Å²) in [5.41, 5.74) is 6.48. The van der Waals surface area contributed by atoms with Gasteiger partial charge in [0.15, 0.2) is 5.13 Å². The fourth-order valence-electron chi connectivity index (χ4n) is 1.82. The molecular formula is C11H17N3OS. The zero-order valence-electron chi connectivity index (χ0n) is 9.67. The average molecular weight is 239 g/mol. The highest BCUT2D eigenvalue weighted by molar-refractivity contribution is 7.15. The van der Waals surface area contributed by atoms with E-state index in [9.17, 15) is 4.79 Å². The summed E-state index contributed by atoms with van der Waals surface area (Å²) in [6, 6.07) is 0. The van der Waals surface area contributed by atoms with Crippen molar-refractivity contribution in [1.29, 1.82) is 0 Å². The third-order valence-corrected chi connectivity index (χ3v) is 3.53. The van der Waals surface area contributed by atoms with E-state index in [-0.39, 0.29) is 5.91 Å². The van der Waals surface area contributed by atoms with Crippen LogP contribution in [0.1, 0.15) is 37.3 Å². The van der Waals surface area contributed by atoms with Gasteiger partial charge in [0, 0.05) is 16.8 Å². The zero-order valence-corrected chi connectivity index (χ0v) is 10.5. The molecule has 0 spiro atoms. The van der Waals surface area contributed by atoms with Gasteiger partial charge in [-0.1, -0.05) is 0 Å². The lowest BCUT2D eigenvalue weighted by Crippen LogP contribution is -2.36. The molecule has 2 rings (SSSR count). The molecule has 0 fully saturated rings. The molecule has 4 nitrogen and oxygen atoms in total. The van der Waals surface area contributed by atoms with Crippen LogP contribution in [0.3, 0.4) is 0 Å². The lowest BCUT2D eigenvalue weighted by atomic mass is 10.0. The van der Waals surface area contributed by atoms with E-state index in [1.807, 2.05) is 13.8 Å². The first-order valence-electron chi connectivity index (χ1n) is 5.51. The molecule has 0 radical (unpaired) electrons. The summed E-state index contributed by atoms with van der Waals surface area (Å²) in [6.45, 7) is 3.68. The molecule has 0 aliphatic heterocycles. The van der Waals surface area contributed by atoms with Crippen molar-refractivity contribution in [3.05, 3.63) is 10.6 Å². The number of carbonyl (C=O) groups excluding carboxylic acids is 1. The number of nitrogens with zero attached hydrogens (tertiary/aromatic N) is 1. The molecule has 0 aromatic carbocycles. The van der Waals surface area contributed by atoms with Gasteiger partial charge in [0.2, 0.25) is 5.91 Å². The number of nitrogens with two attached hydrogens (primary N) is 1. The first-order valence-corrected chi connectivity index (χ1v) is 6.33. The van der Waals surface area contributed by atoms with E-state index in [0.717, 1.165) is 23.7 Å². The number of aryl methyl sites for hydroxylation is 2. The van der Waals surface area contributed by atoms with Crippen LogP contribution >= 0.6 is 11.3 Å². The van der Waals surface area contributed by atoms with Crippen LogP contribution < -0.4 is 11.1 Å². The number of nitrogens with one attached hydrogen (secondary N) is 1. The minimum absolute atomic E-state index is 0.0556. The third kappa shape index (κ3) is 2.80. The molecule has 3 N–H and O–H groups in total. The summed E-state index contributed by atoms with van der Waals surface area (Å²) in [6.07, 6.45) is 3.66. The summed E-state index contributed by atoms with van der Waals surface area (Å²) in [5, 5.41) is 3.54. The van der Waals surface area contributed by atoms with Gasteiger partial charge in [0.1, 0.15) is 0 Å². The van der Waals surface area contributed by atoms with Crippen molar-refractivity contribution in [1.82, 2.24) is 4.98 Å². The Bertz CT molecular complexity index is 384. The second-order valence-corrected chi connectivity index (χ2v) is 6.04. The van der Waals surface area contributed by atoms with Crippen molar-refractivity contribution < 1.29 is 4.79 Å². The van der Waals surface area contributed by atoms with Crippen LogP contribution in [0.4, 0.5) is 5.13 Å². The molecule has 0 saturated heterocycles. The predicted molar refractivity (Wildman–Crippen MR) is 65.7 cm³/mol.